The van der Waals surface area contributed by atoms with E-state index in [-0.39, 0.29) is 38.6 Å². The van der Waals surface area contributed by atoms with E-state index in [1.807, 2.05) is 98.8 Å². The summed E-state index contributed by atoms with van der Waals surface area (Å²) in [5.41, 5.74) is 3.77. The van der Waals surface area contributed by atoms with Gasteiger partial charge in [-0.15, -0.1) is 0 Å². The number of amides is 2. The zero-order valence-corrected chi connectivity index (χ0v) is 23.3. The Bertz CT molecular complexity index is 1220. The average Bonchev–Trinajstić information content (AvgIpc) is 2.96. The Morgan fingerprint density at radius 3 is 1.98 bits per heavy atom. The fourth-order valence-electron chi connectivity index (χ4n) is 4.17. The summed E-state index contributed by atoms with van der Waals surface area (Å²) in [5, 5.41) is 13.1. The fourth-order valence-corrected chi connectivity index (χ4v) is 4.17. The van der Waals surface area contributed by atoms with E-state index in [0.29, 0.717) is 0 Å². The van der Waals surface area contributed by atoms with E-state index in [9.17, 15) is 19.5 Å². The van der Waals surface area contributed by atoms with Crippen LogP contribution in [0.2, 0.25) is 0 Å². The van der Waals surface area contributed by atoms with Gasteiger partial charge in [0.15, 0.2) is 6.10 Å². The number of carbonyl (C=O) groups excluding carboxylic acids is 3. The molecule has 212 valence electrons. The molecule has 3 aromatic rings. The van der Waals surface area contributed by atoms with Gasteiger partial charge in [0.1, 0.15) is 12.6 Å². The van der Waals surface area contributed by atoms with Crippen molar-refractivity contribution >= 4 is 18.0 Å². The first-order valence-electron chi connectivity index (χ1n) is 13.5. The molecule has 0 radical (unpaired) electrons. The standard InChI is InChI=1S/C32H38N2O6/c1-4-39-31(37)29(35)21-34(20-23(2)3)32(38)33-28(30(36)40-22-25-11-7-5-8-12-25)19-24-15-17-27(18-16-24)26-13-9-6-10-14-26/h5-18,23,28-29,35H,4,19-22H2,1-3H3,(H,33,38). The van der Waals surface area contributed by atoms with Crippen molar-refractivity contribution in [3.63, 3.8) is 0 Å². The van der Waals surface area contributed by atoms with Crippen molar-refractivity contribution < 1.29 is 29.0 Å². The molecule has 0 aliphatic heterocycles. The van der Waals surface area contributed by atoms with Gasteiger partial charge in [-0.05, 0) is 35.1 Å². The SMILES string of the molecule is CCOC(=O)C(O)CN(CC(C)C)C(=O)NC(Cc1ccc(-c2ccccc2)cc1)C(=O)OCc1ccccc1. The number of hydrogen-bond acceptors (Lipinski definition) is 6. The van der Waals surface area contributed by atoms with Gasteiger partial charge in [-0.3, -0.25) is 0 Å². The van der Waals surface area contributed by atoms with Crippen LogP contribution in [0.15, 0.2) is 84.9 Å². The molecule has 0 bridgehead atoms. The van der Waals surface area contributed by atoms with Gasteiger partial charge in [0.2, 0.25) is 0 Å². The summed E-state index contributed by atoms with van der Waals surface area (Å²) < 4.78 is 10.5. The first kappa shape index (κ1) is 30.4. The zero-order valence-electron chi connectivity index (χ0n) is 23.3. The second-order valence-electron chi connectivity index (χ2n) is 9.93. The molecule has 0 aliphatic rings. The molecule has 3 rings (SSSR count). The first-order chi connectivity index (χ1) is 19.3. The maximum Gasteiger partial charge on any atom is 0.336 e. The highest BCUT2D eigenvalue weighted by atomic mass is 16.5. The third-order valence-corrected chi connectivity index (χ3v) is 6.13. The number of aliphatic hydroxyl groups is 1. The van der Waals surface area contributed by atoms with Crippen LogP contribution in [0.4, 0.5) is 4.79 Å². The van der Waals surface area contributed by atoms with Crippen molar-refractivity contribution in [1.82, 2.24) is 10.2 Å². The van der Waals surface area contributed by atoms with E-state index in [0.717, 1.165) is 22.3 Å². The molecule has 0 saturated heterocycles. The lowest BCUT2D eigenvalue weighted by molar-refractivity contribution is -0.153. The summed E-state index contributed by atoms with van der Waals surface area (Å²) in [6.07, 6.45) is -1.30. The quantitative estimate of drug-likeness (QED) is 0.304. The lowest BCUT2D eigenvalue weighted by Gasteiger charge is -2.28. The number of esters is 2. The third-order valence-electron chi connectivity index (χ3n) is 6.13. The minimum absolute atomic E-state index is 0.0501. The van der Waals surface area contributed by atoms with Crippen LogP contribution in [0.25, 0.3) is 11.1 Å². The second-order valence-corrected chi connectivity index (χ2v) is 9.93. The van der Waals surface area contributed by atoms with Crippen LogP contribution in [-0.4, -0.2) is 59.8 Å². The molecule has 2 amide bonds. The number of hydrogen-bond donors (Lipinski definition) is 2. The number of rotatable bonds is 13. The lowest BCUT2D eigenvalue weighted by Crippen LogP contribution is -2.52. The maximum absolute atomic E-state index is 13.4. The van der Waals surface area contributed by atoms with Gasteiger partial charge < -0.3 is 24.8 Å². The molecule has 0 fully saturated rings. The van der Waals surface area contributed by atoms with Crippen molar-refractivity contribution in [3.05, 3.63) is 96.1 Å². The lowest BCUT2D eigenvalue weighted by atomic mass is 10.0. The van der Waals surface area contributed by atoms with Crippen LogP contribution >= 0.6 is 0 Å². The summed E-state index contributed by atoms with van der Waals surface area (Å²) >= 11 is 0. The second kappa shape index (κ2) is 15.4. The summed E-state index contributed by atoms with van der Waals surface area (Å²) in [7, 11) is 0. The van der Waals surface area contributed by atoms with Crippen LogP contribution in [-0.2, 0) is 32.1 Å². The molecule has 3 aromatic carbocycles. The Morgan fingerprint density at radius 2 is 1.38 bits per heavy atom. The third kappa shape index (κ3) is 9.54. The predicted octanol–water partition coefficient (Wildman–Crippen LogP) is 4.60. The van der Waals surface area contributed by atoms with E-state index in [4.69, 9.17) is 9.47 Å². The van der Waals surface area contributed by atoms with Crippen molar-refractivity contribution in [2.24, 2.45) is 5.92 Å². The van der Waals surface area contributed by atoms with Crippen molar-refractivity contribution in [2.75, 3.05) is 19.7 Å². The van der Waals surface area contributed by atoms with Crippen LogP contribution < -0.4 is 5.32 Å². The topological polar surface area (TPSA) is 105 Å². The molecule has 2 N–H and O–H groups in total. The number of nitrogens with one attached hydrogen (secondary N) is 1. The van der Waals surface area contributed by atoms with Gasteiger partial charge in [-0.2, -0.15) is 0 Å². The Labute approximate surface area is 235 Å². The van der Waals surface area contributed by atoms with Gasteiger partial charge in [0, 0.05) is 13.0 Å². The highest BCUT2D eigenvalue weighted by Crippen LogP contribution is 2.20. The minimum Gasteiger partial charge on any atom is -0.464 e. The Kier molecular flexibility index (Phi) is 11.7. The largest absolute Gasteiger partial charge is 0.464 e. The van der Waals surface area contributed by atoms with Crippen molar-refractivity contribution in [2.45, 2.75) is 45.9 Å². The maximum atomic E-state index is 13.4. The van der Waals surface area contributed by atoms with E-state index >= 15 is 0 Å². The van der Waals surface area contributed by atoms with Gasteiger partial charge >= 0.3 is 18.0 Å². The monoisotopic (exact) mass is 546 g/mol. The predicted molar refractivity (Wildman–Crippen MR) is 153 cm³/mol. The van der Waals surface area contributed by atoms with Crippen LogP contribution in [0.3, 0.4) is 0 Å². The van der Waals surface area contributed by atoms with E-state index < -0.39 is 30.1 Å². The first-order valence-corrected chi connectivity index (χ1v) is 13.5. The van der Waals surface area contributed by atoms with Crippen LogP contribution in [0, 0.1) is 5.92 Å². The Hall–Kier alpha value is -4.17. The molecule has 0 spiro atoms. The number of nitrogens with zero attached hydrogens (tertiary/aromatic N) is 1. The highest BCUT2D eigenvalue weighted by Gasteiger charge is 2.29. The molecule has 2 atom stereocenters. The number of urea groups is 1. The van der Waals surface area contributed by atoms with Crippen LogP contribution in [0.1, 0.15) is 31.9 Å². The molecule has 8 nitrogen and oxygen atoms in total. The molecule has 0 aliphatic carbocycles. The highest BCUT2D eigenvalue weighted by molar-refractivity contribution is 5.84. The van der Waals surface area contributed by atoms with E-state index in [1.54, 1.807) is 6.92 Å². The van der Waals surface area contributed by atoms with Gasteiger partial charge in [0.05, 0.1) is 13.2 Å². The smallest absolute Gasteiger partial charge is 0.336 e. The van der Waals surface area contributed by atoms with E-state index in [1.165, 1.54) is 4.90 Å². The summed E-state index contributed by atoms with van der Waals surface area (Å²) in [6, 6.07) is 25.4. The number of benzene rings is 3. The molecule has 0 heterocycles. The summed E-state index contributed by atoms with van der Waals surface area (Å²) in [6.45, 7) is 5.65. The van der Waals surface area contributed by atoms with Crippen molar-refractivity contribution in [3.8, 4) is 11.1 Å². The number of carbonyl (C=O) groups is 3. The molecule has 8 heteroatoms. The molecule has 0 aromatic heterocycles. The summed E-state index contributed by atoms with van der Waals surface area (Å²) in [5.74, 6) is -1.34. The number of aliphatic hydroxyl groups excluding tert-OH is 1. The van der Waals surface area contributed by atoms with Gasteiger partial charge in [0.25, 0.3) is 0 Å². The molecular formula is C32H38N2O6. The Balaban J connectivity index is 1.77. The molecular weight excluding hydrogens is 508 g/mol. The van der Waals surface area contributed by atoms with Crippen molar-refractivity contribution in [1.29, 1.82) is 0 Å². The number of ether oxygens (including phenoxy) is 2. The Morgan fingerprint density at radius 1 is 0.775 bits per heavy atom. The van der Waals surface area contributed by atoms with Gasteiger partial charge in [-0.25, -0.2) is 14.4 Å². The zero-order chi connectivity index (χ0) is 28.9. The molecule has 0 saturated carbocycles. The average molecular weight is 547 g/mol. The normalized spacial score (nSPS) is 12.3. The van der Waals surface area contributed by atoms with Crippen LogP contribution in [0.5, 0.6) is 0 Å². The molecule has 2 unspecified atom stereocenters. The molecule has 40 heavy (non-hydrogen) atoms. The summed E-state index contributed by atoms with van der Waals surface area (Å²) in [4.78, 5) is 39.9. The van der Waals surface area contributed by atoms with E-state index in [2.05, 4.69) is 5.32 Å². The van der Waals surface area contributed by atoms with Gasteiger partial charge in [-0.1, -0.05) is 98.8 Å². The minimum atomic E-state index is -1.50. The fraction of sp³-hybridized carbons (Fsp3) is 0.344.